The molecule has 0 N–H and O–H groups in total. The first-order valence-corrected chi connectivity index (χ1v) is 26.7. The minimum absolute atomic E-state index is 0.819. The third kappa shape index (κ3) is 11.0. The first-order valence-electron chi connectivity index (χ1n) is 26.7. The molecule has 0 amide bonds. The summed E-state index contributed by atoms with van der Waals surface area (Å²) >= 11 is 0. The summed E-state index contributed by atoms with van der Waals surface area (Å²) in [7, 11) is 0. The lowest BCUT2D eigenvalue weighted by atomic mass is 9.93. The van der Waals surface area contributed by atoms with Gasteiger partial charge in [-0.15, -0.1) is 0 Å². The highest BCUT2D eigenvalue weighted by atomic mass is 16.5. The van der Waals surface area contributed by atoms with E-state index in [0.29, 0.717) is 0 Å². The molecule has 0 bridgehead atoms. The van der Waals surface area contributed by atoms with E-state index in [-0.39, 0.29) is 0 Å². The van der Waals surface area contributed by atoms with E-state index in [1.54, 1.807) is 0 Å². The van der Waals surface area contributed by atoms with Crippen LogP contribution in [0.4, 0.5) is 17.1 Å². The number of hydrogen-bond acceptors (Lipinski definition) is 4. The summed E-state index contributed by atoms with van der Waals surface area (Å²) in [5.41, 5.74) is 21.1. The second-order valence-electron chi connectivity index (χ2n) is 19.6. The van der Waals surface area contributed by atoms with Crippen LogP contribution in [0.3, 0.4) is 0 Å². The number of anilines is 3. The van der Waals surface area contributed by atoms with Gasteiger partial charge in [-0.1, -0.05) is 175 Å². The van der Waals surface area contributed by atoms with Gasteiger partial charge in [0.05, 0.1) is 34.2 Å². The van der Waals surface area contributed by atoms with Gasteiger partial charge in [0.2, 0.25) is 0 Å². The van der Waals surface area contributed by atoms with Crippen LogP contribution in [0.2, 0.25) is 0 Å². The van der Waals surface area contributed by atoms with Gasteiger partial charge in [-0.05, 0) is 163 Å². The van der Waals surface area contributed by atoms with E-state index in [9.17, 15) is 0 Å². The van der Waals surface area contributed by atoms with E-state index in [1.807, 2.05) is 12.1 Å². The summed E-state index contributed by atoms with van der Waals surface area (Å²) in [6.45, 7) is 9.02. The van der Waals surface area contributed by atoms with Gasteiger partial charge in [0.1, 0.15) is 0 Å². The number of hydrogen-bond donors (Lipinski definition) is 0. The van der Waals surface area contributed by atoms with Crippen molar-refractivity contribution in [2.45, 2.75) is 105 Å². The number of unbranched alkanes of at least 4 members (excludes halogenated alkanes) is 4. The number of nitrogens with zero attached hydrogens (tertiary/aromatic N) is 3. The molecule has 72 heavy (non-hydrogen) atoms. The largest absolute Gasteiger partial charge is 0.453 e. The van der Waals surface area contributed by atoms with Gasteiger partial charge < -0.3 is 9.64 Å². The normalized spacial score (nSPS) is 11.8. The lowest BCUT2D eigenvalue weighted by Gasteiger charge is -2.33. The van der Waals surface area contributed by atoms with E-state index in [1.165, 1.54) is 73.6 Å². The van der Waals surface area contributed by atoms with Crippen LogP contribution in [0, 0.1) is 0 Å². The highest BCUT2D eigenvalue weighted by molar-refractivity contribution is 5.91. The smallest absolute Gasteiger partial charge is 0.151 e. The van der Waals surface area contributed by atoms with Crippen molar-refractivity contribution in [1.82, 2.24) is 9.97 Å². The molecule has 7 aromatic carbocycles. The molecular formula is C68H67N3O. The predicted octanol–water partition coefficient (Wildman–Crippen LogP) is 19.4. The molecule has 0 atom stereocenters. The zero-order valence-electron chi connectivity index (χ0n) is 42.6. The van der Waals surface area contributed by atoms with Crippen LogP contribution in [0.1, 0.15) is 101 Å². The Morgan fingerprint density at radius 1 is 0.319 bits per heavy atom. The summed E-state index contributed by atoms with van der Waals surface area (Å²) in [6.07, 6.45) is 13.7. The molecule has 9 aromatic rings. The molecule has 0 unspecified atom stereocenters. The molecule has 4 nitrogen and oxygen atoms in total. The summed E-state index contributed by atoms with van der Waals surface area (Å²) in [4.78, 5) is 13.2. The molecule has 1 aliphatic heterocycles. The molecule has 4 heteroatoms. The van der Waals surface area contributed by atoms with E-state index < -0.39 is 0 Å². The first kappa shape index (κ1) is 48.1. The third-order valence-corrected chi connectivity index (χ3v) is 14.2. The topological polar surface area (TPSA) is 38.2 Å². The zero-order valence-corrected chi connectivity index (χ0v) is 42.6. The standard InChI is InChI=1S/C68H67N3O/c1-5-9-17-48-25-33-52(34-26-48)61-44-58(45-62(69-61)53-35-27-49(28-36-53)18-10-6-2)56-41-57(43-60(42-56)71-65-21-13-15-23-67(65)72-68-24-16-14-22-66(68)71)59-46-63(54-37-29-50(30-38-54)19-11-7-3)70-64(47-59)55-39-31-51(32-40-55)20-12-8-4/h13-16,21-47H,5-12,17-20H2,1-4H3. The number of aryl methyl sites for hydroxylation is 4. The van der Waals surface area contributed by atoms with Crippen molar-refractivity contribution in [2.75, 3.05) is 4.90 Å². The molecule has 0 fully saturated rings. The van der Waals surface area contributed by atoms with Crippen molar-refractivity contribution in [3.63, 3.8) is 0 Å². The first-order chi connectivity index (χ1) is 35.5. The Morgan fingerprint density at radius 2 is 0.611 bits per heavy atom. The molecular weight excluding hydrogens is 875 g/mol. The molecule has 0 aliphatic carbocycles. The van der Waals surface area contributed by atoms with E-state index in [2.05, 4.69) is 209 Å². The van der Waals surface area contributed by atoms with E-state index >= 15 is 0 Å². The number of rotatable bonds is 19. The Hall–Kier alpha value is -7.56. The second kappa shape index (κ2) is 22.7. The Labute approximate surface area is 428 Å². The number of para-hydroxylation sites is 4. The molecule has 0 saturated carbocycles. The number of pyridine rings is 2. The SMILES string of the molecule is CCCCc1ccc(-c2cc(-c3cc(-c4cc(-c5ccc(CCCC)cc5)nc(-c5ccc(CCCC)cc5)c4)cc(N4c5ccccc5Oc5ccccc54)c3)cc(-c3ccc(CCCC)cc3)n2)cc1. The van der Waals surface area contributed by atoms with Crippen LogP contribution in [-0.2, 0) is 25.7 Å². The lowest BCUT2D eigenvalue weighted by molar-refractivity contribution is 0.477. The maximum Gasteiger partial charge on any atom is 0.151 e. The second-order valence-corrected chi connectivity index (χ2v) is 19.6. The summed E-state index contributed by atoms with van der Waals surface area (Å²) in [6, 6.07) is 69.2. The maximum atomic E-state index is 6.58. The summed E-state index contributed by atoms with van der Waals surface area (Å²) in [5.74, 6) is 1.64. The van der Waals surface area contributed by atoms with Crippen molar-refractivity contribution in [3.05, 3.63) is 210 Å². The molecule has 360 valence electrons. The number of fused-ring (bicyclic) bond motifs is 2. The fourth-order valence-corrected chi connectivity index (χ4v) is 9.93. The number of ether oxygens (including phenoxy) is 1. The molecule has 0 saturated heterocycles. The minimum atomic E-state index is 0.819. The maximum absolute atomic E-state index is 6.58. The fraction of sp³-hybridized carbons (Fsp3) is 0.235. The average Bonchev–Trinajstić information content (AvgIpc) is 3.44. The van der Waals surface area contributed by atoms with Gasteiger partial charge in [0.25, 0.3) is 0 Å². The zero-order chi connectivity index (χ0) is 49.2. The molecule has 1 aliphatic rings. The fourth-order valence-electron chi connectivity index (χ4n) is 9.93. The quantitative estimate of drug-likeness (QED) is 0.0810. The van der Waals surface area contributed by atoms with Crippen LogP contribution >= 0.6 is 0 Å². The summed E-state index contributed by atoms with van der Waals surface area (Å²) in [5, 5.41) is 0. The summed E-state index contributed by atoms with van der Waals surface area (Å²) < 4.78 is 6.58. The predicted molar refractivity (Wildman–Crippen MR) is 304 cm³/mol. The Morgan fingerprint density at radius 3 is 0.917 bits per heavy atom. The van der Waals surface area contributed by atoms with Crippen LogP contribution in [0.25, 0.3) is 67.3 Å². The number of benzene rings is 7. The van der Waals surface area contributed by atoms with Gasteiger partial charge in [-0.25, -0.2) is 9.97 Å². The molecule has 0 spiro atoms. The van der Waals surface area contributed by atoms with Crippen molar-refractivity contribution < 1.29 is 4.74 Å². The van der Waals surface area contributed by atoms with Crippen molar-refractivity contribution in [3.8, 4) is 78.8 Å². The van der Waals surface area contributed by atoms with E-state index in [4.69, 9.17) is 14.7 Å². The minimum Gasteiger partial charge on any atom is -0.453 e. The Bertz CT molecular complexity index is 2890. The number of aromatic nitrogens is 2. The highest BCUT2D eigenvalue weighted by Crippen LogP contribution is 2.51. The monoisotopic (exact) mass is 942 g/mol. The van der Waals surface area contributed by atoms with Crippen molar-refractivity contribution in [1.29, 1.82) is 0 Å². The van der Waals surface area contributed by atoms with Crippen LogP contribution in [0.15, 0.2) is 188 Å². The van der Waals surface area contributed by atoms with Crippen molar-refractivity contribution in [2.24, 2.45) is 0 Å². The third-order valence-electron chi connectivity index (χ3n) is 14.2. The van der Waals surface area contributed by atoms with Crippen molar-refractivity contribution >= 4 is 17.1 Å². The molecule has 0 radical (unpaired) electrons. The molecule has 3 heterocycles. The van der Waals surface area contributed by atoms with Gasteiger partial charge in [0, 0.05) is 27.9 Å². The Balaban J connectivity index is 1.19. The molecule has 2 aromatic heterocycles. The van der Waals surface area contributed by atoms with Gasteiger partial charge >= 0.3 is 0 Å². The van der Waals surface area contributed by atoms with Crippen LogP contribution in [-0.4, -0.2) is 9.97 Å². The van der Waals surface area contributed by atoms with Crippen LogP contribution < -0.4 is 9.64 Å². The van der Waals surface area contributed by atoms with Gasteiger partial charge in [-0.3, -0.25) is 0 Å². The molecule has 10 rings (SSSR count). The van der Waals surface area contributed by atoms with Gasteiger partial charge in [0.15, 0.2) is 11.5 Å². The Kier molecular flexibility index (Phi) is 15.1. The lowest BCUT2D eigenvalue weighted by Crippen LogP contribution is -2.15. The average molecular weight is 942 g/mol. The van der Waals surface area contributed by atoms with E-state index in [0.717, 1.165) is 122 Å². The highest BCUT2D eigenvalue weighted by Gasteiger charge is 2.27. The van der Waals surface area contributed by atoms with Gasteiger partial charge in [-0.2, -0.15) is 0 Å². The van der Waals surface area contributed by atoms with Crippen LogP contribution in [0.5, 0.6) is 11.5 Å².